The number of nitrogens with zero attached hydrogens (tertiary/aromatic N) is 5. The van der Waals surface area contributed by atoms with Gasteiger partial charge in [-0.15, -0.1) is 10.2 Å². The Morgan fingerprint density at radius 1 is 1.26 bits per heavy atom. The number of aromatic nitrogens is 3. The van der Waals surface area contributed by atoms with Crippen LogP contribution in [0.4, 0.5) is 0 Å². The van der Waals surface area contributed by atoms with Crippen LogP contribution in [0.2, 0.25) is 0 Å². The summed E-state index contributed by atoms with van der Waals surface area (Å²) in [5, 5.41) is 11.5. The molecule has 0 spiro atoms. The largest absolute Gasteiger partial charge is 0.493 e. The van der Waals surface area contributed by atoms with Crippen molar-refractivity contribution in [2.24, 2.45) is 4.99 Å². The number of guanidine groups is 1. The van der Waals surface area contributed by atoms with Crippen LogP contribution in [0.5, 0.6) is 11.5 Å². The van der Waals surface area contributed by atoms with E-state index in [9.17, 15) is 0 Å². The van der Waals surface area contributed by atoms with E-state index in [0.29, 0.717) is 6.54 Å². The Balaban J connectivity index is 1.99. The summed E-state index contributed by atoms with van der Waals surface area (Å²) in [4.78, 5) is 6.47. The van der Waals surface area contributed by atoms with Gasteiger partial charge in [0.2, 0.25) is 0 Å². The highest BCUT2D eigenvalue weighted by atomic mass is 16.5. The third kappa shape index (κ3) is 5.12. The number of aryl methyl sites for hydroxylation is 2. The Kier molecular flexibility index (Phi) is 7.45. The van der Waals surface area contributed by atoms with Crippen molar-refractivity contribution in [2.75, 3.05) is 34.9 Å². The molecule has 0 aliphatic rings. The summed E-state index contributed by atoms with van der Waals surface area (Å²) >= 11 is 0. The van der Waals surface area contributed by atoms with Crippen LogP contribution < -0.4 is 14.8 Å². The highest BCUT2D eigenvalue weighted by Crippen LogP contribution is 2.30. The fourth-order valence-corrected chi connectivity index (χ4v) is 2.94. The normalized spacial score (nSPS) is 11.4. The van der Waals surface area contributed by atoms with E-state index in [4.69, 9.17) is 9.47 Å². The maximum Gasteiger partial charge on any atom is 0.193 e. The molecule has 27 heavy (non-hydrogen) atoms. The number of aliphatic imine (C=N–C) groups is 1. The molecule has 1 heterocycles. The SMILES string of the molecule is CCc1nncn1CCNC(=NC)N(C)Cc1cc(OC)c(OC)cc1C. The Hall–Kier alpha value is -2.77. The number of benzene rings is 1. The quantitative estimate of drug-likeness (QED) is 0.562. The van der Waals surface area contributed by atoms with Crippen molar-refractivity contribution in [1.82, 2.24) is 25.0 Å². The van der Waals surface area contributed by atoms with Gasteiger partial charge in [0.05, 0.1) is 14.2 Å². The number of nitrogens with one attached hydrogen (secondary N) is 1. The minimum absolute atomic E-state index is 0.707. The van der Waals surface area contributed by atoms with Gasteiger partial charge in [-0.1, -0.05) is 6.92 Å². The second-order valence-electron chi connectivity index (χ2n) is 6.26. The molecule has 1 N–H and O–H groups in total. The van der Waals surface area contributed by atoms with Crippen LogP contribution in [-0.2, 0) is 19.5 Å². The van der Waals surface area contributed by atoms with E-state index in [-0.39, 0.29) is 0 Å². The molecule has 0 saturated carbocycles. The summed E-state index contributed by atoms with van der Waals surface area (Å²) in [6, 6.07) is 4.01. The van der Waals surface area contributed by atoms with Crippen LogP contribution in [0.1, 0.15) is 23.9 Å². The zero-order valence-electron chi connectivity index (χ0n) is 17.1. The Morgan fingerprint density at radius 3 is 2.59 bits per heavy atom. The molecule has 0 atom stereocenters. The van der Waals surface area contributed by atoms with Crippen LogP contribution in [0.25, 0.3) is 0 Å². The topological polar surface area (TPSA) is 76.8 Å². The van der Waals surface area contributed by atoms with Gasteiger partial charge in [-0.3, -0.25) is 4.99 Å². The molecule has 1 aromatic carbocycles. The fraction of sp³-hybridized carbons (Fsp3) is 0.526. The molecule has 8 nitrogen and oxygen atoms in total. The average molecular weight is 374 g/mol. The van der Waals surface area contributed by atoms with E-state index in [1.807, 2.05) is 19.2 Å². The Morgan fingerprint density at radius 2 is 1.96 bits per heavy atom. The van der Waals surface area contributed by atoms with Crippen molar-refractivity contribution in [1.29, 1.82) is 0 Å². The molecule has 2 aromatic rings. The maximum absolute atomic E-state index is 5.42. The molecule has 0 aliphatic heterocycles. The maximum atomic E-state index is 5.42. The predicted octanol–water partition coefficient (Wildman–Crippen LogP) is 1.87. The molecule has 0 radical (unpaired) electrons. The number of methoxy groups -OCH3 is 2. The lowest BCUT2D eigenvalue weighted by atomic mass is 10.1. The summed E-state index contributed by atoms with van der Waals surface area (Å²) in [7, 11) is 7.10. The van der Waals surface area contributed by atoms with Crippen molar-refractivity contribution in [3.05, 3.63) is 35.4 Å². The van der Waals surface area contributed by atoms with Crippen LogP contribution in [0.3, 0.4) is 0 Å². The summed E-state index contributed by atoms with van der Waals surface area (Å²) in [5.74, 6) is 3.29. The highest BCUT2D eigenvalue weighted by Gasteiger charge is 2.12. The monoisotopic (exact) mass is 374 g/mol. The minimum Gasteiger partial charge on any atom is -0.493 e. The van der Waals surface area contributed by atoms with Crippen LogP contribution in [0, 0.1) is 6.92 Å². The zero-order chi connectivity index (χ0) is 19.8. The van der Waals surface area contributed by atoms with Gasteiger partial charge in [-0.25, -0.2) is 0 Å². The second kappa shape index (κ2) is 9.80. The molecule has 0 amide bonds. The molecular formula is C19H30N6O2. The lowest BCUT2D eigenvalue weighted by Gasteiger charge is -2.24. The first kappa shape index (κ1) is 20.5. The molecule has 0 unspecified atom stereocenters. The molecule has 8 heteroatoms. The van der Waals surface area contributed by atoms with E-state index >= 15 is 0 Å². The van der Waals surface area contributed by atoms with Crippen molar-refractivity contribution < 1.29 is 9.47 Å². The van der Waals surface area contributed by atoms with Gasteiger partial charge >= 0.3 is 0 Å². The van der Waals surface area contributed by atoms with E-state index in [1.165, 1.54) is 0 Å². The first-order valence-corrected chi connectivity index (χ1v) is 9.03. The van der Waals surface area contributed by atoms with Gasteiger partial charge in [-0.05, 0) is 30.2 Å². The van der Waals surface area contributed by atoms with Gasteiger partial charge in [0.15, 0.2) is 17.5 Å². The molecule has 1 aromatic heterocycles. The molecule has 0 aliphatic carbocycles. The third-order valence-corrected chi connectivity index (χ3v) is 4.47. The van der Waals surface area contributed by atoms with Crippen molar-refractivity contribution >= 4 is 5.96 Å². The van der Waals surface area contributed by atoms with E-state index in [1.54, 1.807) is 27.6 Å². The number of ether oxygens (including phenoxy) is 2. The lowest BCUT2D eigenvalue weighted by molar-refractivity contribution is 0.353. The Bertz CT molecular complexity index is 772. The van der Waals surface area contributed by atoms with Crippen LogP contribution >= 0.6 is 0 Å². The molecule has 0 saturated heterocycles. The lowest BCUT2D eigenvalue weighted by Crippen LogP contribution is -2.40. The van der Waals surface area contributed by atoms with Crippen LogP contribution in [-0.4, -0.2) is 60.5 Å². The van der Waals surface area contributed by atoms with Crippen LogP contribution in [0.15, 0.2) is 23.5 Å². The first-order chi connectivity index (χ1) is 13.0. The average Bonchev–Trinajstić information content (AvgIpc) is 3.13. The van der Waals surface area contributed by atoms with E-state index < -0.39 is 0 Å². The second-order valence-corrected chi connectivity index (χ2v) is 6.26. The summed E-state index contributed by atoms with van der Waals surface area (Å²) in [5.41, 5.74) is 2.30. The van der Waals surface area contributed by atoms with Gasteiger partial charge in [0, 0.05) is 40.2 Å². The number of rotatable bonds is 8. The van der Waals surface area contributed by atoms with Crippen molar-refractivity contribution in [3.8, 4) is 11.5 Å². The van der Waals surface area contributed by atoms with Gasteiger partial charge < -0.3 is 24.3 Å². The minimum atomic E-state index is 0.707. The van der Waals surface area contributed by atoms with E-state index in [0.717, 1.165) is 53.9 Å². The molecule has 0 bridgehead atoms. The number of hydrogen-bond donors (Lipinski definition) is 1. The van der Waals surface area contributed by atoms with Gasteiger partial charge in [-0.2, -0.15) is 0 Å². The first-order valence-electron chi connectivity index (χ1n) is 9.03. The van der Waals surface area contributed by atoms with Gasteiger partial charge in [0.1, 0.15) is 12.2 Å². The Labute approximate surface area is 161 Å². The van der Waals surface area contributed by atoms with Crippen molar-refractivity contribution in [2.45, 2.75) is 33.4 Å². The summed E-state index contributed by atoms with van der Waals surface area (Å²) in [6.45, 7) is 6.38. The fourth-order valence-electron chi connectivity index (χ4n) is 2.94. The summed E-state index contributed by atoms with van der Waals surface area (Å²) in [6.07, 6.45) is 2.63. The molecule has 2 rings (SSSR count). The third-order valence-electron chi connectivity index (χ3n) is 4.47. The zero-order valence-corrected chi connectivity index (χ0v) is 17.1. The standard InChI is InChI=1S/C19H30N6O2/c1-7-18-23-22-13-25(18)9-8-21-19(20-3)24(4)12-15-11-17(27-6)16(26-5)10-14(15)2/h10-11,13H,7-9,12H2,1-6H3,(H,20,21). The molecule has 0 fully saturated rings. The molecular weight excluding hydrogens is 344 g/mol. The van der Waals surface area contributed by atoms with Crippen molar-refractivity contribution in [3.63, 3.8) is 0 Å². The summed E-state index contributed by atoms with van der Waals surface area (Å²) < 4.78 is 12.8. The smallest absolute Gasteiger partial charge is 0.193 e. The number of hydrogen-bond acceptors (Lipinski definition) is 5. The highest BCUT2D eigenvalue weighted by molar-refractivity contribution is 5.79. The van der Waals surface area contributed by atoms with Gasteiger partial charge in [0.25, 0.3) is 0 Å². The van der Waals surface area contributed by atoms with E-state index in [2.05, 4.69) is 43.8 Å². The predicted molar refractivity (Wildman–Crippen MR) is 107 cm³/mol. The molecule has 148 valence electrons.